The number of hydrogen-bond donors (Lipinski definition) is 2. The molecule has 1 aromatic carbocycles. The topological polar surface area (TPSA) is 69.6 Å². The third kappa shape index (κ3) is 2.92. The quantitative estimate of drug-likeness (QED) is 0.829. The van der Waals surface area contributed by atoms with E-state index < -0.39 is 34.9 Å². The Kier molecular flexibility index (Phi) is 3.93. The van der Waals surface area contributed by atoms with Gasteiger partial charge < -0.3 is 15.3 Å². The average Bonchev–Trinajstić information content (AvgIpc) is 3.15. The maximum atomic E-state index is 13.3. The number of aliphatic carboxylic acids is 1. The molecule has 2 N–H and O–H groups in total. The number of carboxylic acid groups (broad SMARTS) is 1. The van der Waals surface area contributed by atoms with Crippen LogP contribution in [0, 0.1) is 22.9 Å². The Hall–Kier alpha value is -2.25. The SMILES string of the molecule is CC1(C(=O)O)CCN(C(=O)N[C@@H]2C[C@H]2c2cc(F)c(F)c(F)c2)C1. The zero-order valence-electron chi connectivity index (χ0n) is 13.0. The first-order chi connectivity index (χ1) is 11.2. The molecule has 1 heterocycles. The second-order valence-electron chi connectivity index (χ2n) is 6.73. The predicted octanol–water partition coefficient (Wildman–Crippen LogP) is 2.47. The summed E-state index contributed by atoms with van der Waals surface area (Å²) in [6.07, 6.45) is 0.874. The van der Waals surface area contributed by atoms with Crippen LogP contribution in [0.3, 0.4) is 0 Å². The molecule has 1 unspecified atom stereocenters. The molecule has 130 valence electrons. The molecule has 3 rings (SSSR count). The van der Waals surface area contributed by atoms with Crippen LogP contribution in [0.5, 0.6) is 0 Å². The number of rotatable bonds is 3. The molecule has 1 saturated carbocycles. The van der Waals surface area contributed by atoms with Crippen LogP contribution in [-0.2, 0) is 4.79 Å². The highest BCUT2D eigenvalue weighted by atomic mass is 19.2. The standard InChI is InChI=1S/C16H17F3N2O3/c1-16(14(22)23)2-3-21(7-16)15(24)20-12-6-9(12)8-4-10(17)13(19)11(18)5-8/h4-5,9,12H,2-3,6-7H2,1H3,(H,20,24)(H,22,23)/t9-,12+,16?/m0/s1. The van der Waals surface area contributed by atoms with E-state index in [1.165, 1.54) is 4.90 Å². The van der Waals surface area contributed by atoms with Gasteiger partial charge in [-0.2, -0.15) is 0 Å². The van der Waals surface area contributed by atoms with E-state index in [1.54, 1.807) is 6.92 Å². The number of benzene rings is 1. The summed E-state index contributed by atoms with van der Waals surface area (Å²) in [5.41, 5.74) is -0.655. The molecule has 0 aromatic heterocycles. The molecule has 0 radical (unpaired) electrons. The number of carboxylic acids is 1. The number of nitrogens with one attached hydrogen (secondary N) is 1. The Labute approximate surface area is 136 Å². The minimum absolute atomic E-state index is 0.116. The Morgan fingerprint density at radius 1 is 1.29 bits per heavy atom. The normalized spacial score (nSPS) is 28.8. The van der Waals surface area contributed by atoms with Crippen LogP contribution in [0.4, 0.5) is 18.0 Å². The molecule has 8 heteroatoms. The molecule has 1 aromatic rings. The Bertz CT molecular complexity index is 689. The number of amides is 2. The molecule has 2 aliphatic rings. The average molecular weight is 342 g/mol. The van der Waals surface area contributed by atoms with E-state index in [2.05, 4.69) is 5.32 Å². The molecule has 3 atom stereocenters. The van der Waals surface area contributed by atoms with E-state index in [4.69, 9.17) is 0 Å². The molecular weight excluding hydrogens is 325 g/mol. The highest BCUT2D eigenvalue weighted by Crippen LogP contribution is 2.42. The van der Waals surface area contributed by atoms with Crippen molar-refractivity contribution in [3.05, 3.63) is 35.1 Å². The molecular formula is C16H17F3N2O3. The summed E-state index contributed by atoms with van der Waals surface area (Å²) in [6, 6.07) is 1.19. The fourth-order valence-electron chi connectivity index (χ4n) is 3.07. The second kappa shape index (κ2) is 5.68. The number of nitrogens with zero attached hydrogens (tertiary/aromatic N) is 1. The number of hydrogen-bond acceptors (Lipinski definition) is 2. The van der Waals surface area contributed by atoms with E-state index >= 15 is 0 Å². The molecule has 2 fully saturated rings. The first-order valence-electron chi connectivity index (χ1n) is 7.64. The van der Waals surface area contributed by atoms with Crippen molar-refractivity contribution in [1.29, 1.82) is 0 Å². The van der Waals surface area contributed by atoms with Gasteiger partial charge in [0.1, 0.15) is 0 Å². The van der Waals surface area contributed by atoms with Crippen molar-refractivity contribution in [1.82, 2.24) is 10.2 Å². The lowest BCUT2D eigenvalue weighted by atomic mass is 9.90. The number of carbonyl (C=O) groups excluding carboxylic acids is 1. The smallest absolute Gasteiger partial charge is 0.317 e. The number of urea groups is 1. The summed E-state index contributed by atoms with van der Waals surface area (Å²) in [5.74, 6) is -5.23. The van der Waals surface area contributed by atoms with Crippen LogP contribution in [0.15, 0.2) is 12.1 Å². The van der Waals surface area contributed by atoms with Gasteiger partial charge in [-0.05, 0) is 37.5 Å². The summed E-state index contributed by atoms with van der Waals surface area (Å²) in [7, 11) is 0. The molecule has 24 heavy (non-hydrogen) atoms. The second-order valence-corrected chi connectivity index (χ2v) is 6.73. The summed E-state index contributed by atoms with van der Waals surface area (Å²) in [4.78, 5) is 24.8. The van der Waals surface area contributed by atoms with E-state index in [0.29, 0.717) is 24.9 Å². The maximum absolute atomic E-state index is 13.3. The Morgan fingerprint density at radius 2 is 1.92 bits per heavy atom. The highest BCUT2D eigenvalue weighted by Gasteiger charge is 2.45. The summed E-state index contributed by atoms with van der Waals surface area (Å²) in [6.45, 7) is 2.05. The lowest BCUT2D eigenvalue weighted by Crippen LogP contribution is -2.42. The minimum Gasteiger partial charge on any atom is -0.481 e. The van der Waals surface area contributed by atoms with E-state index in [9.17, 15) is 27.9 Å². The van der Waals surface area contributed by atoms with Crippen molar-refractivity contribution in [3.8, 4) is 0 Å². The van der Waals surface area contributed by atoms with Gasteiger partial charge in [-0.1, -0.05) is 0 Å². The van der Waals surface area contributed by atoms with E-state index in [0.717, 1.165) is 12.1 Å². The van der Waals surface area contributed by atoms with Gasteiger partial charge in [-0.25, -0.2) is 18.0 Å². The van der Waals surface area contributed by atoms with Gasteiger partial charge in [0.25, 0.3) is 0 Å². The van der Waals surface area contributed by atoms with Gasteiger partial charge in [-0.15, -0.1) is 0 Å². The largest absolute Gasteiger partial charge is 0.481 e. The van der Waals surface area contributed by atoms with Crippen LogP contribution in [0.25, 0.3) is 0 Å². The minimum atomic E-state index is -1.51. The number of carbonyl (C=O) groups is 2. The lowest BCUT2D eigenvalue weighted by Gasteiger charge is -2.20. The van der Waals surface area contributed by atoms with Crippen LogP contribution < -0.4 is 5.32 Å². The Morgan fingerprint density at radius 3 is 2.46 bits per heavy atom. The van der Waals surface area contributed by atoms with Gasteiger partial charge in [0, 0.05) is 25.0 Å². The van der Waals surface area contributed by atoms with Crippen molar-refractivity contribution in [3.63, 3.8) is 0 Å². The van der Waals surface area contributed by atoms with Crippen molar-refractivity contribution in [2.45, 2.75) is 31.7 Å². The van der Waals surface area contributed by atoms with Crippen LogP contribution in [0.1, 0.15) is 31.2 Å². The third-order valence-corrected chi connectivity index (χ3v) is 4.81. The van der Waals surface area contributed by atoms with E-state index in [-0.39, 0.29) is 18.5 Å². The summed E-state index contributed by atoms with van der Waals surface area (Å²) in [5, 5.41) is 11.9. The lowest BCUT2D eigenvalue weighted by molar-refractivity contribution is -0.147. The number of likely N-dealkylation sites (tertiary alicyclic amines) is 1. The van der Waals surface area contributed by atoms with Gasteiger partial charge in [-0.3, -0.25) is 4.79 Å². The van der Waals surface area contributed by atoms with Crippen molar-refractivity contribution >= 4 is 12.0 Å². The Balaban J connectivity index is 1.59. The van der Waals surface area contributed by atoms with E-state index in [1.807, 2.05) is 0 Å². The van der Waals surface area contributed by atoms with Gasteiger partial charge in [0.2, 0.25) is 0 Å². The molecule has 0 spiro atoms. The first kappa shape index (κ1) is 16.6. The van der Waals surface area contributed by atoms with Gasteiger partial charge >= 0.3 is 12.0 Å². The molecule has 2 amide bonds. The molecule has 1 aliphatic carbocycles. The fourth-order valence-corrected chi connectivity index (χ4v) is 3.07. The molecule has 1 saturated heterocycles. The van der Waals surface area contributed by atoms with Crippen LogP contribution in [-0.4, -0.2) is 41.1 Å². The fraction of sp³-hybridized carbons (Fsp3) is 0.500. The monoisotopic (exact) mass is 342 g/mol. The van der Waals surface area contributed by atoms with Crippen LogP contribution >= 0.6 is 0 Å². The van der Waals surface area contributed by atoms with Gasteiger partial charge in [0.15, 0.2) is 17.5 Å². The maximum Gasteiger partial charge on any atom is 0.317 e. The predicted molar refractivity (Wildman–Crippen MR) is 77.9 cm³/mol. The van der Waals surface area contributed by atoms with Crippen molar-refractivity contribution < 1.29 is 27.9 Å². The van der Waals surface area contributed by atoms with Gasteiger partial charge in [0.05, 0.1) is 5.41 Å². The molecule has 0 bridgehead atoms. The van der Waals surface area contributed by atoms with Crippen molar-refractivity contribution in [2.75, 3.05) is 13.1 Å². The molecule has 5 nitrogen and oxygen atoms in total. The first-order valence-corrected chi connectivity index (χ1v) is 7.64. The summed E-state index contributed by atoms with van der Waals surface area (Å²) >= 11 is 0. The van der Waals surface area contributed by atoms with Crippen molar-refractivity contribution in [2.24, 2.45) is 5.41 Å². The molecule has 1 aliphatic heterocycles. The zero-order valence-corrected chi connectivity index (χ0v) is 13.0. The van der Waals surface area contributed by atoms with Crippen LogP contribution in [0.2, 0.25) is 0 Å². The zero-order chi connectivity index (χ0) is 17.6. The third-order valence-electron chi connectivity index (χ3n) is 4.81. The highest BCUT2D eigenvalue weighted by molar-refractivity contribution is 5.80. The summed E-state index contributed by atoms with van der Waals surface area (Å²) < 4.78 is 39.5. The number of halogens is 3.